The fraction of sp³-hybridized carbons (Fsp3) is 0.115. The number of aryl methyl sites for hydroxylation is 1. The van der Waals surface area contributed by atoms with Gasteiger partial charge in [-0.25, -0.2) is 8.42 Å². The van der Waals surface area contributed by atoms with Gasteiger partial charge in [-0.05, 0) is 30.2 Å². The van der Waals surface area contributed by atoms with E-state index in [-0.39, 0.29) is 28.7 Å². The molecule has 0 aromatic heterocycles. The van der Waals surface area contributed by atoms with Crippen molar-refractivity contribution in [2.45, 2.75) is 19.4 Å². The van der Waals surface area contributed by atoms with Crippen molar-refractivity contribution in [3.63, 3.8) is 0 Å². The number of sulfonamides is 1. The van der Waals surface area contributed by atoms with Crippen LogP contribution in [0.4, 0.5) is 5.69 Å². The number of rotatable bonds is 3. The number of nitrogens with zero attached hydrogens (tertiary/aromatic N) is 2. The lowest BCUT2D eigenvalue weighted by atomic mass is 9.88. The Kier molecular flexibility index (Phi) is 4.95. The molecule has 2 aliphatic heterocycles. The molecule has 3 aromatic rings. The van der Waals surface area contributed by atoms with Crippen molar-refractivity contribution in [3.8, 4) is 6.07 Å². The Morgan fingerprint density at radius 3 is 2.48 bits per heavy atom. The molecule has 0 unspecified atom stereocenters. The lowest BCUT2D eigenvalue weighted by molar-refractivity contribution is 0.357. The number of nitriles is 1. The summed E-state index contributed by atoms with van der Waals surface area (Å²) in [6, 6.07) is 26.1. The molecule has 2 heterocycles. The molecule has 0 saturated heterocycles. The van der Waals surface area contributed by atoms with E-state index < -0.39 is 15.9 Å². The van der Waals surface area contributed by atoms with Crippen LogP contribution in [0.2, 0.25) is 0 Å². The molecule has 0 spiro atoms. The Labute approximate surface area is 192 Å². The minimum Gasteiger partial charge on any atom is -0.439 e. The summed E-state index contributed by atoms with van der Waals surface area (Å²) in [5, 5.41) is 9.88. The summed E-state index contributed by atoms with van der Waals surface area (Å²) >= 11 is 0. The topological polar surface area (TPSA) is 96.4 Å². The molecule has 0 bridgehead atoms. The van der Waals surface area contributed by atoms with Gasteiger partial charge in [-0.3, -0.25) is 4.31 Å². The van der Waals surface area contributed by atoms with Gasteiger partial charge in [0.25, 0.3) is 10.0 Å². The second-order valence-electron chi connectivity index (χ2n) is 8.05. The summed E-state index contributed by atoms with van der Waals surface area (Å²) in [5.74, 6) is -0.767. The van der Waals surface area contributed by atoms with E-state index in [9.17, 15) is 13.7 Å². The maximum Gasteiger partial charge on any atom is 0.265 e. The van der Waals surface area contributed by atoms with Crippen LogP contribution in [0.25, 0.3) is 5.76 Å². The van der Waals surface area contributed by atoms with Gasteiger partial charge in [0, 0.05) is 5.56 Å². The van der Waals surface area contributed by atoms with E-state index in [1.54, 1.807) is 24.3 Å². The summed E-state index contributed by atoms with van der Waals surface area (Å²) in [6.07, 6.45) is 0. The SMILES string of the molecule is Cc1cccc(CN2c3ccccc3C3=C([C@@H](c4ccccc4)C(C#N)=C(N)O3)S2(=O)=O)c1. The summed E-state index contributed by atoms with van der Waals surface area (Å²) in [5.41, 5.74) is 9.91. The molecular formula is C26H21N3O3S. The molecule has 2 aliphatic rings. The van der Waals surface area contributed by atoms with Crippen LogP contribution in [0.1, 0.15) is 28.2 Å². The largest absolute Gasteiger partial charge is 0.439 e. The first kappa shape index (κ1) is 20.9. The molecule has 6 nitrogen and oxygen atoms in total. The normalized spacial score (nSPS) is 18.8. The second-order valence-corrected chi connectivity index (χ2v) is 9.88. The molecule has 2 N–H and O–H groups in total. The minimum atomic E-state index is -4.07. The average Bonchev–Trinajstić information content (AvgIpc) is 2.81. The van der Waals surface area contributed by atoms with Crippen LogP contribution in [0.5, 0.6) is 0 Å². The van der Waals surface area contributed by atoms with E-state index in [0.717, 1.165) is 11.1 Å². The van der Waals surface area contributed by atoms with E-state index in [2.05, 4.69) is 6.07 Å². The lowest BCUT2D eigenvalue weighted by Crippen LogP contribution is -2.39. The van der Waals surface area contributed by atoms with Crippen molar-refractivity contribution in [2.75, 3.05) is 4.31 Å². The zero-order valence-corrected chi connectivity index (χ0v) is 18.7. The molecule has 33 heavy (non-hydrogen) atoms. The Balaban J connectivity index is 1.76. The Morgan fingerprint density at radius 1 is 1.03 bits per heavy atom. The predicted molar refractivity (Wildman–Crippen MR) is 127 cm³/mol. The quantitative estimate of drug-likeness (QED) is 0.626. The lowest BCUT2D eigenvalue weighted by Gasteiger charge is -2.38. The van der Waals surface area contributed by atoms with Crippen molar-refractivity contribution < 1.29 is 13.2 Å². The highest BCUT2D eigenvalue weighted by Gasteiger charge is 2.47. The fourth-order valence-corrected chi connectivity index (χ4v) is 6.35. The summed E-state index contributed by atoms with van der Waals surface area (Å²) < 4.78 is 35.6. The van der Waals surface area contributed by atoms with Gasteiger partial charge in [-0.15, -0.1) is 0 Å². The van der Waals surface area contributed by atoms with E-state index in [1.165, 1.54) is 4.31 Å². The molecule has 3 aromatic carbocycles. The fourth-order valence-electron chi connectivity index (χ4n) is 4.43. The monoisotopic (exact) mass is 455 g/mol. The van der Waals surface area contributed by atoms with Crippen LogP contribution in [-0.2, 0) is 21.3 Å². The molecule has 7 heteroatoms. The third-order valence-electron chi connectivity index (χ3n) is 5.90. The number of nitrogens with two attached hydrogens (primary N) is 1. The van der Waals surface area contributed by atoms with Gasteiger partial charge in [0.15, 0.2) is 5.76 Å². The molecule has 164 valence electrons. The van der Waals surface area contributed by atoms with Gasteiger partial charge < -0.3 is 10.5 Å². The maximum absolute atomic E-state index is 14.2. The third-order valence-corrected chi connectivity index (χ3v) is 7.78. The number of hydrogen-bond donors (Lipinski definition) is 1. The molecule has 0 radical (unpaired) electrons. The van der Waals surface area contributed by atoms with Crippen LogP contribution < -0.4 is 10.0 Å². The minimum absolute atomic E-state index is 0.0332. The van der Waals surface area contributed by atoms with Gasteiger partial charge in [0.1, 0.15) is 16.5 Å². The van der Waals surface area contributed by atoms with E-state index >= 15 is 0 Å². The standard InChI is InChI=1S/C26H21N3O3S/c1-17-8-7-9-18(14-17)16-29-22-13-6-5-12-20(22)24-25(33(29,30)31)23(19-10-3-2-4-11-19)21(15-27)26(28)32-24/h2-14,23H,16,28H2,1H3/t23-/m0/s1. The van der Waals surface area contributed by atoms with Gasteiger partial charge in [-0.2, -0.15) is 5.26 Å². The highest BCUT2D eigenvalue weighted by molar-refractivity contribution is 7.96. The van der Waals surface area contributed by atoms with Crippen molar-refractivity contribution in [2.24, 2.45) is 5.73 Å². The molecule has 0 amide bonds. The molecule has 5 rings (SSSR count). The van der Waals surface area contributed by atoms with Gasteiger partial charge >= 0.3 is 0 Å². The van der Waals surface area contributed by atoms with E-state index in [0.29, 0.717) is 16.8 Å². The van der Waals surface area contributed by atoms with Crippen molar-refractivity contribution in [1.29, 1.82) is 5.26 Å². The predicted octanol–water partition coefficient (Wildman–Crippen LogP) is 4.52. The number of allylic oxidation sites excluding steroid dienone is 2. The van der Waals surface area contributed by atoms with Crippen molar-refractivity contribution >= 4 is 21.5 Å². The van der Waals surface area contributed by atoms with Crippen LogP contribution in [0.15, 0.2) is 95.2 Å². The van der Waals surface area contributed by atoms with Crippen molar-refractivity contribution in [3.05, 3.63) is 117 Å². The van der Waals surface area contributed by atoms with Crippen LogP contribution in [0, 0.1) is 18.3 Å². The zero-order chi connectivity index (χ0) is 23.2. The first-order chi connectivity index (χ1) is 15.9. The maximum atomic E-state index is 14.2. The number of para-hydroxylation sites is 1. The third kappa shape index (κ3) is 3.36. The summed E-state index contributed by atoms with van der Waals surface area (Å²) in [6.45, 7) is 2.12. The average molecular weight is 456 g/mol. The summed E-state index contributed by atoms with van der Waals surface area (Å²) in [7, 11) is -4.07. The van der Waals surface area contributed by atoms with Gasteiger partial charge in [0.05, 0.1) is 18.2 Å². The smallest absolute Gasteiger partial charge is 0.265 e. The number of anilines is 1. The zero-order valence-electron chi connectivity index (χ0n) is 17.9. The number of fused-ring (bicyclic) bond motifs is 2. The number of ether oxygens (including phenoxy) is 1. The molecule has 0 saturated carbocycles. The van der Waals surface area contributed by atoms with Crippen LogP contribution >= 0.6 is 0 Å². The van der Waals surface area contributed by atoms with Crippen LogP contribution in [0.3, 0.4) is 0 Å². The van der Waals surface area contributed by atoms with Gasteiger partial charge in [0.2, 0.25) is 5.88 Å². The molecule has 0 fully saturated rings. The van der Waals surface area contributed by atoms with E-state index in [4.69, 9.17) is 10.5 Å². The van der Waals surface area contributed by atoms with Gasteiger partial charge in [-0.1, -0.05) is 72.3 Å². The van der Waals surface area contributed by atoms with Crippen molar-refractivity contribution in [1.82, 2.24) is 0 Å². The van der Waals surface area contributed by atoms with Crippen LogP contribution in [-0.4, -0.2) is 8.42 Å². The summed E-state index contributed by atoms with van der Waals surface area (Å²) in [4.78, 5) is 0.0332. The number of hydrogen-bond acceptors (Lipinski definition) is 5. The second kappa shape index (κ2) is 7.84. The Bertz CT molecular complexity index is 1470. The Hall–Kier alpha value is -4.02. The molecule has 1 atom stereocenters. The molecular weight excluding hydrogens is 434 g/mol. The Morgan fingerprint density at radius 2 is 1.76 bits per heavy atom. The number of benzene rings is 3. The first-order valence-electron chi connectivity index (χ1n) is 10.5. The highest BCUT2D eigenvalue weighted by atomic mass is 32.2. The van der Waals surface area contributed by atoms with E-state index in [1.807, 2.05) is 61.5 Å². The molecule has 0 aliphatic carbocycles. The first-order valence-corrected chi connectivity index (χ1v) is 11.9. The highest BCUT2D eigenvalue weighted by Crippen LogP contribution is 2.51.